The van der Waals surface area contributed by atoms with E-state index >= 15 is 0 Å². The molecule has 2 aromatic carbocycles. The summed E-state index contributed by atoms with van der Waals surface area (Å²) in [4.78, 5) is 23.1. The number of carbonyl (C=O) groups is 1. The van der Waals surface area contributed by atoms with E-state index in [0.29, 0.717) is 11.1 Å². The highest BCUT2D eigenvalue weighted by Crippen LogP contribution is 2.30. The smallest absolute Gasteiger partial charge is 0.235 e. The number of para-hydroxylation sites is 1. The molecule has 6 nitrogen and oxygen atoms in total. The molecule has 1 heterocycles. The molecule has 3 rings (SSSR count). The van der Waals surface area contributed by atoms with Crippen molar-refractivity contribution < 1.29 is 23.8 Å². The molecule has 0 aliphatic carbocycles. The van der Waals surface area contributed by atoms with Gasteiger partial charge in [-0.1, -0.05) is 32.0 Å². The normalized spacial score (nSPS) is 10.9. The molecule has 0 saturated heterocycles. The maximum Gasteiger partial charge on any atom is 0.235 e. The second-order valence-corrected chi connectivity index (χ2v) is 6.04. The number of carboxylic acid groups (broad SMARTS) is 1. The molecule has 3 aromatic rings. The number of aliphatic carboxylic acids is 1. The first-order valence-corrected chi connectivity index (χ1v) is 8.10. The van der Waals surface area contributed by atoms with Crippen molar-refractivity contribution in [2.75, 3.05) is 6.61 Å². The average molecular weight is 353 g/mol. The van der Waals surface area contributed by atoms with Crippen LogP contribution in [-0.4, -0.2) is 12.6 Å². The summed E-state index contributed by atoms with van der Waals surface area (Å²) >= 11 is 0. The Kier molecular flexibility index (Phi) is 4.93. The number of hydrogen-bond acceptors (Lipinski definition) is 6. The van der Waals surface area contributed by atoms with Crippen LogP contribution in [0.5, 0.6) is 17.2 Å². The molecule has 0 radical (unpaired) electrons. The van der Waals surface area contributed by atoms with E-state index in [1.165, 1.54) is 24.5 Å². The van der Waals surface area contributed by atoms with Crippen molar-refractivity contribution in [2.45, 2.75) is 19.8 Å². The molecule has 0 spiro atoms. The number of ether oxygens (including phenoxy) is 2. The molecule has 0 N–H and O–H groups in total. The fourth-order valence-electron chi connectivity index (χ4n) is 2.56. The van der Waals surface area contributed by atoms with E-state index in [0.717, 1.165) is 5.56 Å². The Hall–Kier alpha value is -3.28. The van der Waals surface area contributed by atoms with Crippen molar-refractivity contribution in [3.05, 3.63) is 64.5 Å². The monoisotopic (exact) mass is 353 g/mol. The number of benzene rings is 2. The Bertz CT molecular complexity index is 1000. The van der Waals surface area contributed by atoms with Crippen LogP contribution in [0.2, 0.25) is 0 Å². The van der Waals surface area contributed by atoms with Gasteiger partial charge in [-0.15, -0.1) is 0 Å². The van der Waals surface area contributed by atoms with Crippen LogP contribution in [0.1, 0.15) is 25.3 Å². The lowest BCUT2D eigenvalue weighted by Gasteiger charge is -2.13. The van der Waals surface area contributed by atoms with Gasteiger partial charge in [-0.3, -0.25) is 4.79 Å². The van der Waals surface area contributed by atoms with Gasteiger partial charge >= 0.3 is 0 Å². The summed E-state index contributed by atoms with van der Waals surface area (Å²) in [6.07, 6.45) is 1.24. The van der Waals surface area contributed by atoms with E-state index in [2.05, 4.69) is 0 Å². The van der Waals surface area contributed by atoms with Crippen LogP contribution in [0.4, 0.5) is 0 Å². The molecule has 0 amide bonds. The minimum atomic E-state index is -1.33. The number of hydrogen-bond donors (Lipinski definition) is 0. The summed E-state index contributed by atoms with van der Waals surface area (Å²) in [5.41, 5.74) is 0.935. The average Bonchev–Trinajstić information content (AvgIpc) is 2.62. The third-order valence-corrected chi connectivity index (χ3v) is 3.83. The molecule has 0 aliphatic rings. The Balaban J connectivity index is 1.94. The molecule has 0 bridgehead atoms. The third kappa shape index (κ3) is 3.69. The minimum absolute atomic E-state index is 0.0778. The highest BCUT2D eigenvalue weighted by molar-refractivity contribution is 5.79. The van der Waals surface area contributed by atoms with Gasteiger partial charge in [0.1, 0.15) is 30.0 Å². The number of carboxylic acids is 1. The van der Waals surface area contributed by atoms with E-state index in [9.17, 15) is 14.7 Å². The zero-order valence-corrected chi connectivity index (χ0v) is 14.4. The molecule has 0 saturated carbocycles. The van der Waals surface area contributed by atoms with Gasteiger partial charge in [0.05, 0.1) is 11.4 Å². The van der Waals surface area contributed by atoms with Crippen molar-refractivity contribution in [1.82, 2.24) is 0 Å². The van der Waals surface area contributed by atoms with Crippen LogP contribution in [-0.2, 0) is 4.79 Å². The quantitative estimate of drug-likeness (QED) is 0.677. The van der Waals surface area contributed by atoms with E-state index in [1.807, 2.05) is 32.0 Å². The first-order chi connectivity index (χ1) is 12.5. The predicted molar refractivity (Wildman–Crippen MR) is 93.6 cm³/mol. The summed E-state index contributed by atoms with van der Waals surface area (Å²) in [5.74, 6) is -0.151. The molecule has 0 unspecified atom stereocenters. The lowest BCUT2D eigenvalue weighted by Crippen LogP contribution is -2.28. The lowest BCUT2D eigenvalue weighted by molar-refractivity contribution is -0.307. The molecular formula is C20H17O6-. The SMILES string of the molecule is CC(C)c1ccccc1Oc1coc2cc(OCC(=O)[O-])ccc2c1=O. The van der Waals surface area contributed by atoms with Gasteiger partial charge in [0.15, 0.2) is 0 Å². The molecule has 1 aromatic heterocycles. The predicted octanol–water partition coefficient (Wildman–Crippen LogP) is 2.84. The maximum absolute atomic E-state index is 12.7. The first-order valence-electron chi connectivity index (χ1n) is 8.10. The highest BCUT2D eigenvalue weighted by atomic mass is 16.5. The van der Waals surface area contributed by atoms with E-state index in [4.69, 9.17) is 13.9 Å². The minimum Gasteiger partial charge on any atom is -0.546 e. The summed E-state index contributed by atoms with van der Waals surface area (Å²) in [6.45, 7) is 3.50. The Morgan fingerprint density at radius 3 is 2.65 bits per heavy atom. The van der Waals surface area contributed by atoms with E-state index in [1.54, 1.807) is 6.07 Å². The number of fused-ring (bicyclic) bond motifs is 1. The largest absolute Gasteiger partial charge is 0.546 e. The molecule has 134 valence electrons. The van der Waals surface area contributed by atoms with Crippen molar-refractivity contribution >= 4 is 16.9 Å². The molecule has 26 heavy (non-hydrogen) atoms. The van der Waals surface area contributed by atoms with Crippen molar-refractivity contribution in [1.29, 1.82) is 0 Å². The topological polar surface area (TPSA) is 88.8 Å². The molecule has 0 atom stereocenters. The zero-order valence-electron chi connectivity index (χ0n) is 14.4. The standard InChI is InChI=1S/C20H18O6/c1-12(2)14-5-3-4-6-16(14)26-18-10-25-17-9-13(24-11-19(21)22)7-8-15(17)20(18)23/h3-10,12H,11H2,1-2H3,(H,21,22)/p-1. The summed E-state index contributed by atoms with van der Waals surface area (Å²) < 4.78 is 16.3. The lowest BCUT2D eigenvalue weighted by atomic mass is 10.0. The van der Waals surface area contributed by atoms with Crippen LogP contribution in [0.25, 0.3) is 11.0 Å². The van der Waals surface area contributed by atoms with Gasteiger partial charge in [0.2, 0.25) is 11.2 Å². The van der Waals surface area contributed by atoms with Gasteiger partial charge in [0.25, 0.3) is 0 Å². The van der Waals surface area contributed by atoms with Gasteiger partial charge in [-0.2, -0.15) is 0 Å². The van der Waals surface area contributed by atoms with Gasteiger partial charge < -0.3 is 23.8 Å². The Labute approximate surface area is 149 Å². The first kappa shape index (κ1) is 17.5. The van der Waals surface area contributed by atoms with Crippen molar-refractivity contribution in [3.63, 3.8) is 0 Å². The van der Waals surface area contributed by atoms with Crippen LogP contribution in [0, 0.1) is 0 Å². The van der Waals surface area contributed by atoms with Gasteiger partial charge in [0, 0.05) is 6.07 Å². The van der Waals surface area contributed by atoms with Crippen LogP contribution in [0.15, 0.2) is 57.9 Å². The fraction of sp³-hybridized carbons (Fsp3) is 0.200. The van der Waals surface area contributed by atoms with Crippen LogP contribution in [0.3, 0.4) is 0 Å². The summed E-state index contributed by atoms with van der Waals surface area (Å²) in [6, 6.07) is 12.0. The molecule has 6 heteroatoms. The third-order valence-electron chi connectivity index (χ3n) is 3.83. The van der Waals surface area contributed by atoms with E-state index in [-0.39, 0.29) is 28.4 Å². The second-order valence-electron chi connectivity index (χ2n) is 6.04. The van der Waals surface area contributed by atoms with E-state index < -0.39 is 12.6 Å². The molecule has 0 fully saturated rings. The Morgan fingerprint density at radius 2 is 1.92 bits per heavy atom. The second kappa shape index (κ2) is 7.31. The summed E-state index contributed by atoms with van der Waals surface area (Å²) in [5, 5.41) is 10.8. The maximum atomic E-state index is 12.7. The highest BCUT2D eigenvalue weighted by Gasteiger charge is 2.13. The van der Waals surface area contributed by atoms with Crippen molar-refractivity contribution in [3.8, 4) is 17.2 Å². The summed E-state index contributed by atoms with van der Waals surface area (Å²) in [7, 11) is 0. The number of rotatable bonds is 6. The van der Waals surface area contributed by atoms with Crippen LogP contribution >= 0.6 is 0 Å². The number of carbonyl (C=O) groups excluding carboxylic acids is 1. The molecule has 0 aliphatic heterocycles. The Morgan fingerprint density at radius 1 is 1.15 bits per heavy atom. The van der Waals surface area contributed by atoms with Gasteiger partial charge in [-0.05, 0) is 29.7 Å². The van der Waals surface area contributed by atoms with Crippen molar-refractivity contribution in [2.24, 2.45) is 0 Å². The van der Waals surface area contributed by atoms with Gasteiger partial charge in [-0.25, -0.2) is 0 Å². The fourth-order valence-corrected chi connectivity index (χ4v) is 2.56. The zero-order chi connectivity index (χ0) is 18.7. The van der Waals surface area contributed by atoms with Crippen LogP contribution < -0.4 is 20.0 Å². The molecular weight excluding hydrogens is 336 g/mol.